The Balaban J connectivity index is 1.12. The Morgan fingerprint density at radius 3 is 2.47 bits per heavy atom. The number of thioether (sulfide) groups is 1. The Bertz CT molecular complexity index is 1750. The maximum atomic E-state index is 12.8. The number of ether oxygens (including phenoxy) is 1. The first-order valence-electron chi connectivity index (χ1n) is 15.2. The molecule has 1 N–H and O–H groups in total. The number of urea groups is 1. The van der Waals surface area contributed by atoms with E-state index in [1.165, 1.54) is 47.0 Å². The largest absolute Gasteiger partial charge is 0.573 e. The number of amidine groups is 1. The lowest BCUT2D eigenvalue weighted by molar-refractivity contribution is -0.274. The molecule has 1 saturated heterocycles. The van der Waals surface area contributed by atoms with Crippen molar-refractivity contribution < 1.29 is 27.5 Å². The number of benzene rings is 3. The Hall–Kier alpha value is -4.65. The Labute approximate surface area is 275 Å². The number of amides is 3. The maximum absolute atomic E-state index is 12.8. The molecule has 4 aromatic rings. The first-order chi connectivity index (χ1) is 22.4. The van der Waals surface area contributed by atoms with Gasteiger partial charge in [-0.3, -0.25) is 9.69 Å². The number of hydrogen-bond donors (Lipinski definition) is 1. The normalized spacial score (nSPS) is 15.0. The molecule has 5 rings (SSSR count). The van der Waals surface area contributed by atoms with Crippen LogP contribution in [0, 0.1) is 6.92 Å². The number of aliphatic imine (C=N–C) groups is 1. The molecule has 0 radical (unpaired) electrons. The highest BCUT2D eigenvalue weighted by molar-refractivity contribution is 8.15. The second-order valence-corrected chi connectivity index (χ2v) is 12.6. The van der Waals surface area contributed by atoms with E-state index in [0.29, 0.717) is 16.7 Å². The number of halogens is 3. The van der Waals surface area contributed by atoms with E-state index in [4.69, 9.17) is 0 Å². The van der Waals surface area contributed by atoms with E-state index in [1.807, 2.05) is 56.3 Å². The van der Waals surface area contributed by atoms with Gasteiger partial charge >= 0.3 is 12.4 Å². The minimum Gasteiger partial charge on any atom is -0.406 e. The summed E-state index contributed by atoms with van der Waals surface area (Å²) in [5.74, 6) is 0.519. The number of anilines is 1. The van der Waals surface area contributed by atoms with Crippen molar-refractivity contribution in [2.45, 2.75) is 65.3 Å². The van der Waals surface area contributed by atoms with Gasteiger partial charge in [-0.15, -0.1) is 18.3 Å². The molecule has 0 aliphatic carbocycles. The van der Waals surface area contributed by atoms with Crippen molar-refractivity contribution in [3.8, 4) is 22.8 Å². The predicted molar refractivity (Wildman–Crippen MR) is 177 cm³/mol. The lowest BCUT2D eigenvalue weighted by Gasteiger charge is -2.22. The van der Waals surface area contributed by atoms with Gasteiger partial charge in [-0.2, -0.15) is 4.99 Å². The lowest BCUT2D eigenvalue weighted by Crippen LogP contribution is -2.34. The summed E-state index contributed by atoms with van der Waals surface area (Å²) >= 11 is 1.27. The van der Waals surface area contributed by atoms with Crippen LogP contribution in [0.5, 0.6) is 5.75 Å². The Kier molecular flexibility index (Phi) is 10.3. The highest BCUT2D eigenvalue weighted by Gasteiger charge is 2.33. The van der Waals surface area contributed by atoms with Crippen LogP contribution in [0.4, 0.5) is 23.7 Å². The fourth-order valence-corrected chi connectivity index (χ4v) is 6.03. The molecule has 9 nitrogen and oxygen atoms in total. The summed E-state index contributed by atoms with van der Waals surface area (Å²) in [7, 11) is 0. The molecule has 1 atom stereocenters. The van der Waals surface area contributed by atoms with E-state index >= 15 is 0 Å². The van der Waals surface area contributed by atoms with Crippen LogP contribution in [0.2, 0.25) is 0 Å². The summed E-state index contributed by atoms with van der Waals surface area (Å²) < 4.78 is 42.6. The fourth-order valence-electron chi connectivity index (χ4n) is 5.17. The molecule has 0 bridgehead atoms. The molecule has 0 spiro atoms. The summed E-state index contributed by atoms with van der Waals surface area (Å²) in [4.78, 5) is 35.8. The van der Waals surface area contributed by atoms with Gasteiger partial charge in [0, 0.05) is 11.6 Å². The third-order valence-electron chi connectivity index (χ3n) is 7.52. The molecule has 1 fully saturated rings. The smallest absolute Gasteiger partial charge is 0.406 e. The lowest BCUT2D eigenvalue weighted by atomic mass is 9.99. The Morgan fingerprint density at radius 2 is 1.79 bits per heavy atom. The van der Waals surface area contributed by atoms with E-state index in [1.54, 1.807) is 4.90 Å². The quantitative estimate of drug-likeness (QED) is 0.186. The van der Waals surface area contributed by atoms with Crippen LogP contribution in [-0.4, -0.2) is 50.0 Å². The first kappa shape index (κ1) is 33.7. The van der Waals surface area contributed by atoms with E-state index in [0.717, 1.165) is 47.2 Å². The molecule has 1 aliphatic heterocycles. The van der Waals surface area contributed by atoms with Gasteiger partial charge in [0.15, 0.2) is 11.0 Å². The third kappa shape index (κ3) is 8.79. The van der Waals surface area contributed by atoms with Crippen LogP contribution in [0.1, 0.15) is 56.2 Å². The fraction of sp³-hybridized carbons (Fsp3) is 0.324. The van der Waals surface area contributed by atoms with E-state index in [-0.39, 0.29) is 29.4 Å². The van der Waals surface area contributed by atoms with Crippen molar-refractivity contribution in [3.05, 3.63) is 89.7 Å². The summed E-state index contributed by atoms with van der Waals surface area (Å²) in [5.41, 5.74) is 5.29. The molecule has 1 unspecified atom stereocenters. The van der Waals surface area contributed by atoms with E-state index < -0.39 is 12.4 Å². The Morgan fingerprint density at radius 1 is 1.06 bits per heavy atom. The van der Waals surface area contributed by atoms with Gasteiger partial charge in [0.05, 0.1) is 17.1 Å². The van der Waals surface area contributed by atoms with Gasteiger partial charge in [-0.05, 0) is 86.1 Å². The molecule has 246 valence electrons. The number of rotatable bonds is 10. The SMILES string of the molecule is Cc1ccc(C(C)C)c(N2C(=O)CSC2=NC(=O)NC(C)CCCc2ccc(-c3ncn(-c4ccc(OC(F)(F)F)cc4)n3)cc2)c1. The number of nitrogens with zero attached hydrogens (tertiary/aromatic N) is 5. The second-order valence-electron chi connectivity index (χ2n) is 11.6. The van der Waals surface area contributed by atoms with Gasteiger partial charge in [-0.25, -0.2) is 14.5 Å². The van der Waals surface area contributed by atoms with Crippen LogP contribution in [-0.2, 0) is 11.2 Å². The zero-order valence-corrected chi connectivity index (χ0v) is 27.2. The van der Waals surface area contributed by atoms with Crippen molar-refractivity contribution in [1.82, 2.24) is 20.1 Å². The molecule has 0 saturated carbocycles. The van der Waals surface area contributed by atoms with E-state index in [9.17, 15) is 22.8 Å². The number of hydrogen-bond acceptors (Lipinski definition) is 6. The molecule has 1 aromatic heterocycles. The van der Waals surface area contributed by atoms with Crippen molar-refractivity contribution in [2.75, 3.05) is 10.7 Å². The number of carbonyl (C=O) groups excluding carboxylic acids is 2. The van der Waals surface area contributed by atoms with Crippen molar-refractivity contribution >= 4 is 34.6 Å². The zero-order valence-electron chi connectivity index (χ0n) is 26.4. The average Bonchev–Trinajstić information content (AvgIpc) is 3.64. The zero-order chi connectivity index (χ0) is 33.7. The molecule has 3 aromatic carbocycles. The third-order valence-corrected chi connectivity index (χ3v) is 8.45. The van der Waals surface area contributed by atoms with Gasteiger partial charge in [-0.1, -0.05) is 62.0 Å². The molecular formula is C34H35F3N6O3S. The van der Waals surface area contributed by atoms with Crippen molar-refractivity contribution in [3.63, 3.8) is 0 Å². The van der Waals surface area contributed by atoms with E-state index in [2.05, 4.69) is 39.0 Å². The summed E-state index contributed by atoms with van der Waals surface area (Å²) in [6.45, 7) is 8.05. The van der Waals surface area contributed by atoms with Gasteiger partial charge < -0.3 is 10.1 Å². The second kappa shape index (κ2) is 14.4. The van der Waals surface area contributed by atoms with Gasteiger partial charge in [0.2, 0.25) is 5.91 Å². The van der Waals surface area contributed by atoms with Crippen LogP contribution >= 0.6 is 11.8 Å². The highest BCUT2D eigenvalue weighted by Crippen LogP contribution is 2.34. The molecule has 1 aliphatic rings. The predicted octanol–water partition coefficient (Wildman–Crippen LogP) is 7.82. The van der Waals surface area contributed by atoms with Crippen LogP contribution in [0.25, 0.3) is 17.1 Å². The standard InChI is InChI=1S/C34H35F3N6O3S/c1-21(2)28-17-8-22(3)18-29(28)43-30(44)19-47-33(43)40-32(45)39-23(4)6-5-7-24-9-11-25(12-10-24)31-38-20-42(41-31)26-13-15-27(16-14-26)46-34(35,36)37/h8-18,20-21,23H,5-7,19H2,1-4H3,(H,39,45). The van der Waals surface area contributed by atoms with Crippen molar-refractivity contribution in [2.24, 2.45) is 4.99 Å². The highest BCUT2D eigenvalue weighted by atomic mass is 32.2. The van der Waals surface area contributed by atoms with Gasteiger partial charge in [0.25, 0.3) is 0 Å². The number of alkyl halides is 3. The molecule has 47 heavy (non-hydrogen) atoms. The van der Waals surface area contributed by atoms with Crippen LogP contribution in [0.15, 0.2) is 78.0 Å². The van der Waals surface area contributed by atoms with Crippen LogP contribution < -0.4 is 15.0 Å². The average molecular weight is 665 g/mol. The van der Waals surface area contributed by atoms with Crippen molar-refractivity contribution in [1.29, 1.82) is 0 Å². The maximum Gasteiger partial charge on any atom is 0.573 e. The number of carbonyl (C=O) groups is 2. The topological polar surface area (TPSA) is 102 Å². The molecule has 2 heterocycles. The van der Waals surface area contributed by atoms with Crippen LogP contribution in [0.3, 0.4) is 0 Å². The number of aryl methyl sites for hydroxylation is 2. The first-order valence-corrected chi connectivity index (χ1v) is 16.2. The number of nitrogens with one attached hydrogen (secondary N) is 1. The molecule has 3 amide bonds. The summed E-state index contributed by atoms with van der Waals surface area (Å²) in [6.07, 6.45) is -0.887. The molecule has 13 heteroatoms. The summed E-state index contributed by atoms with van der Waals surface area (Å²) in [6, 6.07) is 18.6. The minimum atomic E-state index is -4.75. The monoisotopic (exact) mass is 664 g/mol. The number of aromatic nitrogens is 3. The summed E-state index contributed by atoms with van der Waals surface area (Å²) in [5, 5.41) is 7.77. The minimum absolute atomic E-state index is 0.0922. The molecular weight excluding hydrogens is 629 g/mol. The van der Waals surface area contributed by atoms with Gasteiger partial charge in [0.1, 0.15) is 12.1 Å².